The second kappa shape index (κ2) is 7.31. The Bertz CT molecular complexity index is 752. The molecule has 3 heterocycles. The van der Waals surface area contributed by atoms with Crippen molar-refractivity contribution in [2.45, 2.75) is 51.0 Å². The van der Waals surface area contributed by atoms with Crippen molar-refractivity contribution < 1.29 is 9.53 Å². The van der Waals surface area contributed by atoms with E-state index >= 15 is 0 Å². The van der Waals surface area contributed by atoms with Crippen molar-refractivity contribution in [3.05, 3.63) is 40.7 Å². The Morgan fingerprint density at radius 2 is 2.24 bits per heavy atom. The smallest absolute Gasteiger partial charge is 0.272 e. The Kier molecular flexibility index (Phi) is 4.74. The van der Waals surface area contributed by atoms with Gasteiger partial charge in [-0.15, -0.1) is 0 Å². The minimum absolute atomic E-state index is 0.138. The number of fused-ring (bicyclic) bond motifs is 1. The molecule has 0 aromatic carbocycles. The topological polar surface area (TPSA) is 92.8 Å². The van der Waals surface area contributed by atoms with Crippen molar-refractivity contribution in [2.24, 2.45) is 0 Å². The van der Waals surface area contributed by atoms with Gasteiger partial charge in [0.1, 0.15) is 5.82 Å². The fourth-order valence-corrected chi connectivity index (χ4v) is 3.58. The molecule has 2 N–H and O–H groups in total. The third kappa shape index (κ3) is 3.56. The van der Waals surface area contributed by atoms with Crippen LogP contribution in [0.3, 0.4) is 0 Å². The lowest BCUT2D eigenvalue weighted by Gasteiger charge is -2.20. The third-order valence-corrected chi connectivity index (χ3v) is 4.96. The molecule has 0 radical (unpaired) electrons. The second-order valence-electron chi connectivity index (χ2n) is 6.74. The van der Waals surface area contributed by atoms with Gasteiger partial charge < -0.3 is 10.1 Å². The van der Waals surface area contributed by atoms with Crippen LogP contribution >= 0.6 is 0 Å². The molecule has 0 saturated carbocycles. The first-order chi connectivity index (χ1) is 12.3. The lowest BCUT2D eigenvalue weighted by atomic mass is 9.96. The van der Waals surface area contributed by atoms with Gasteiger partial charge in [0.15, 0.2) is 5.69 Å². The predicted molar refractivity (Wildman–Crippen MR) is 91.2 cm³/mol. The molecular formula is C18H23N5O2. The number of hydrogen-bond donors (Lipinski definition) is 2. The van der Waals surface area contributed by atoms with E-state index in [-0.39, 0.29) is 11.8 Å². The van der Waals surface area contributed by atoms with Gasteiger partial charge in [-0.1, -0.05) is 0 Å². The van der Waals surface area contributed by atoms with Crippen LogP contribution in [0.2, 0.25) is 0 Å². The zero-order valence-electron chi connectivity index (χ0n) is 14.3. The number of amides is 1. The predicted octanol–water partition coefficient (Wildman–Crippen LogP) is 1.90. The first kappa shape index (κ1) is 16.2. The molecule has 132 valence electrons. The average Bonchev–Trinajstić information content (AvgIpc) is 3.11. The SMILES string of the molecule is O=C(NCc1ccnc(C2CCCOC2)n1)c1n[nH]c2c1CCCC2. The summed E-state index contributed by atoms with van der Waals surface area (Å²) in [5.74, 6) is 0.923. The zero-order valence-corrected chi connectivity index (χ0v) is 14.3. The summed E-state index contributed by atoms with van der Waals surface area (Å²) in [4.78, 5) is 21.5. The van der Waals surface area contributed by atoms with Crippen LogP contribution in [0.5, 0.6) is 0 Å². The molecule has 25 heavy (non-hydrogen) atoms. The lowest BCUT2D eigenvalue weighted by Crippen LogP contribution is -2.26. The van der Waals surface area contributed by atoms with Crippen molar-refractivity contribution in [3.8, 4) is 0 Å². The van der Waals surface area contributed by atoms with Gasteiger partial charge in [-0.25, -0.2) is 9.97 Å². The Morgan fingerprint density at radius 3 is 3.12 bits per heavy atom. The summed E-state index contributed by atoms with van der Waals surface area (Å²) in [7, 11) is 0. The number of aromatic amines is 1. The molecule has 2 aromatic rings. The average molecular weight is 341 g/mol. The second-order valence-corrected chi connectivity index (χ2v) is 6.74. The summed E-state index contributed by atoms with van der Waals surface area (Å²) in [6.45, 7) is 1.87. The van der Waals surface area contributed by atoms with E-state index in [1.54, 1.807) is 6.20 Å². The van der Waals surface area contributed by atoms with Crippen molar-refractivity contribution in [1.82, 2.24) is 25.5 Å². The molecule has 1 aliphatic carbocycles. The van der Waals surface area contributed by atoms with Crippen molar-refractivity contribution in [2.75, 3.05) is 13.2 Å². The van der Waals surface area contributed by atoms with Crippen molar-refractivity contribution >= 4 is 5.91 Å². The minimum Gasteiger partial charge on any atom is -0.381 e. The first-order valence-electron chi connectivity index (χ1n) is 9.05. The maximum absolute atomic E-state index is 12.5. The Balaban J connectivity index is 1.41. The summed E-state index contributed by atoms with van der Waals surface area (Å²) in [5, 5.41) is 10.2. The van der Waals surface area contributed by atoms with E-state index in [9.17, 15) is 4.79 Å². The summed E-state index contributed by atoms with van der Waals surface area (Å²) in [6.07, 6.45) is 8.03. The highest BCUT2D eigenvalue weighted by atomic mass is 16.5. The number of H-pyrrole nitrogens is 1. The van der Waals surface area contributed by atoms with Gasteiger partial charge in [-0.05, 0) is 44.6 Å². The largest absolute Gasteiger partial charge is 0.381 e. The molecule has 0 bridgehead atoms. The van der Waals surface area contributed by atoms with Gasteiger partial charge in [0.05, 0.1) is 18.8 Å². The number of rotatable bonds is 4. The molecule has 2 aliphatic rings. The van der Waals surface area contributed by atoms with E-state index < -0.39 is 0 Å². The molecule has 1 fully saturated rings. The summed E-state index contributed by atoms with van der Waals surface area (Å²) in [6, 6.07) is 1.84. The van der Waals surface area contributed by atoms with E-state index in [0.29, 0.717) is 18.8 Å². The van der Waals surface area contributed by atoms with Crippen LogP contribution in [-0.4, -0.2) is 39.3 Å². The molecule has 0 spiro atoms. The van der Waals surface area contributed by atoms with Crippen LogP contribution in [0.4, 0.5) is 0 Å². The summed E-state index contributed by atoms with van der Waals surface area (Å²) in [5.41, 5.74) is 3.53. The third-order valence-electron chi connectivity index (χ3n) is 4.96. The molecule has 1 atom stereocenters. The van der Waals surface area contributed by atoms with Gasteiger partial charge in [0.25, 0.3) is 5.91 Å². The van der Waals surface area contributed by atoms with E-state index in [1.165, 1.54) is 0 Å². The van der Waals surface area contributed by atoms with Crippen molar-refractivity contribution in [3.63, 3.8) is 0 Å². The van der Waals surface area contributed by atoms with Crippen LogP contribution in [0.25, 0.3) is 0 Å². The zero-order chi connectivity index (χ0) is 17.1. The Labute approximate surface area is 146 Å². The number of nitrogens with zero attached hydrogens (tertiary/aromatic N) is 3. The van der Waals surface area contributed by atoms with E-state index in [2.05, 4.69) is 25.5 Å². The van der Waals surface area contributed by atoms with E-state index in [0.717, 1.165) is 67.9 Å². The van der Waals surface area contributed by atoms with Gasteiger partial charge >= 0.3 is 0 Å². The normalized spacial score (nSPS) is 20.1. The number of nitrogens with one attached hydrogen (secondary N) is 2. The number of hydrogen-bond acceptors (Lipinski definition) is 5. The quantitative estimate of drug-likeness (QED) is 0.886. The van der Waals surface area contributed by atoms with Gasteiger partial charge in [-0.2, -0.15) is 5.10 Å². The van der Waals surface area contributed by atoms with Crippen molar-refractivity contribution in [1.29, 1.82) is 0 Å². The fraction of sp³-hybridized carbons (Fsp3) is 0.556. The molecule has 1 aliphatic heterocycles. The highest BCUT2D eigenvalue weighted by Crippen LogP contribution is 2.23. The molecule has 7 heteroatoms. The molecule has 7 nitrogen and oxygen atoms in total. The van der Waals surface area contributed by atoms with E-state index in [4.69, 9.17) is 4.74 Å². The molecule has 1 saturated heterocycles. The molecule has 4 rings (SSSR count). The molecule has 2 aromatic heterocycles. The van der Waals surface area contributed by atoms with Crippen LogP contribution in [-0.2, 0) is 24.1 Å². The molecule has 1 unspecified atom stereocenters. The van der Waals surface area contributed by atoms with Gasteiger partial charge in [-0.3, -0.25) is 9.89 Å². The summed E-state index contributed by atoms with van der Waals surface area (Å²) < 4.78 is 5.51. The number of aryl methyl sites for hydroxylation is 1. The molecular weight excluding hydrogens is 318 g/mol. The minimum atomic E-state index is -0.138. The summed E-state index contributed by atoms with van der Waals surface area (Å²) >= 11 is 0. The monoisotopic (exact) mass is 341 g/mol. The van der Waals surface area contributed by atoms with Gasteiger partial charge in [0.2, 0.25) is 0 Å². The van der Waals surface area contributed by atoms with Crippen LogP contribution < -0.4 is 5.32 Å². The number of carbonyl (C=O) groups excluding carboxylic acids is 1. The fourth-order valence-electron chi connectivity index (χ4n) is 3.58. The molecule has 1 amide bonds. The lowest BCUT2D eigenvalue weighted by molar-refractivity contribution is 0.0779. The van der Waals surface area contributed by atoms with E-state index in [1.807, 2.05) is 6.07 Å². The number of aromatic nitrogens is 4. The first-order valence-corrected chi connectivity index (χ1v) is 9.05. The highest BCUT2D eigenvalue weighted by molar-refractivity contribution is 5.93. The number of carbonyl (C=O) groups is 1. The van der Waals surface area contributed by atoms with Crippen LogP contribution in [0.1, 0.15) is 64.9 Å². The maximum Gasteiger partial charge on any atom is 0.272 e. The maximum atomic E-state index is 12.5. The standard InChI is InChI=1S/C18H23N5O2/c24-18(16-14-5-1-2-6-15(14)22-23-16)20-10-13-7-8-19-17(21-13)12-4-3-9-25-11-12/h7-8,12H,1-6,9-11H2,(H,20,24)(H,22,23). The van der Waals surface area contributed by atoms with Gasteiger partial charge in [0, 0.05) is 30.0 Å². The Morgan fingerprint density at radius 1 is 1.32 bits per heavy atom. The highest BCUT2D eigenvalue weighted by Gasteiger charge is 2.22. The number of ether oxygens (including phenoxy) is 1. The van der Waals surface area contributed by atoms with Crippen LogP contribution in [0, 0.1) is 0 Å². The van der Waals surface area contributed by atoms with Crippen LogP contribution in [0.15, 0.2) is 12.3 Å². The Hall–Kier alpha value is -2.28.